The Morgan fingerprint density at radius 1 is 1.16 bits per heavy atom. The van der Waals surface area contributed by atoms with Crippen LogP contribution in [0.1, 0.15) is 72.1 Å². The van der Waals surface area contributed by atoms with Gasteiger partial charge >= 0.3 is 5.97 Å². The molecule has 7 heteroatoms. The molecule has 0 spiro atoms. The van der Waals surface area contributed by atoms with Gasteiger partial charge < -0.3 is 15.0 Å². The van der Waals surface area contributed by atoms with E-state index in [0.717, 1.165) is 25.7 Å². The first-order valence-corrected chi connectivity index (χ1v) is 11.9. The Bertz CT molecular complexity index is 766. The summed E-state index contributed by atoms with van der Waals surface area (Å²) in [7, 11) is 0. The van der Waals surface area contributed by atoms with E-state index in [1.807, 2.05) is 13.8 Å². The fourth-order valence-corrected chi connectivity index (χ4v) is 6.79. The van der Waals surface area contributed by atoms with Gasteiger partial charge in [-0.25, -0.2) is 4.79 Å². The van der Waals surface area contributed by atoms with Crippen molar-refractivity contribution < 1.29 is 19.1 Å². The van der Waals surface area contributed by atoms with E-state index in [1.54, 1.807) is 11.8 Å². The van der Waals surface area contributed by atoms with Crippen LogP contribution >= 0.6 is 0 Å². The van der Waals surface area contributed by atoms with E-state index in [4.69, 9.17) is 4.74 Å². The number of ether oxygens (including phenoxy) is 1. The van der Waals surface area contributed by atoms with E-state index < -0.39 is 30.1 Å². The third kappa shape index (κ3) is 4.06. The summed E-state index contributed by atoms with van der Waals surface area (Å²) in [5.74, 6) is 1.07. The van der Waals surface area contributed by atoms with Gasteiger partial charge in [0.1, 0.15) is 11.6 Å². The summed E-state index contributed by atoms with van der Waals surface area (Å²) in [4.78, 5) is 40.5. The number of esters is 1. The van der Waals surface area contributed by atoms with Crippen LogP contribution in [-0.2, 0) is 19.1 Å². The SMILES string of the molecule is CC(C)[C@](C)(C#N)NC(=O)COC(=O)[C@@H]1CCCN1C(=O)C12CC3CC(CC(C3)C1)C2. The Hall–Kier alpha value is -2.10. The molecule has 31 heavy (non-hydrogen) atoms. The van der Waals surface area contributed by atoms with Crippen LogP contribution in [-0.4, -0.2) is 47.4 Å². The summed E-state index contributed by atoms with van der Waals surface area (Å²) in [6.45, 7) is 5.51. The minimum atomic E-state index is -1.02. The molecule has 4 saturated carbocycles. The maximum absolute atomic E-state index is 13.7. The van der Waals surface area contributed by atoms with Crippen molar-refractivity contribution >= 4 is 17.8 Å². The van der Waals surface area contributed by atoms with Crippen molar-refractivity contribution in [1.82, 2.24) is 10.2 Å². The third-order valence-electron chi connectivity index (χ3n) is 8.41. The Morgan fingerprint density at radius 3 is 2.26 bits per heavy atom. The quantitative estimate of drug-likeness (QED) is 0.655. The lowest BCUT2D eigenvalue weighted by Gasteiger charge is -2.56. The van der Waals surface area contributed by atoms with Gasteiger partial charge in [-0.1, -0.05) is 13.8 Å². The van der Waals surface area contributed by atoms with Crippen LogP contribution in [0.25, 0.3) is 0 Å². The smallest absolute Gasteiger partial charge is 0.329 e. The number of hydrogen-bond acceptors (Lipinski definition) is 5. The molecule has 2 atom stereocenters. The molecule has 0 unspecified atom stereocenters. The topological polar surface area (TPSA) is 99.5 Å². The van der Waals surface area contributed by atoms with Gasteiger partial charge in [0.15, 0.2) is 6.61 Å². The lowest BCUT2D eigenvalue weighted by Crippen LogP contribution is -2.56. The monoisotopic (exact) mass is 429 g/mol. The normalized spacial score (nSPS) is 35.5. The lowest BCUT2D eigenvalue weighted by molar-refractivity contribution is -0.166. The Balaban J connectivity index is 1.36. The van der Waals surface area contributed by atoms with Crippen LogP contribution in [0.5, 0.6) is 0 Å². The van der Waals surface area contributed by atoms with Crippen LogP contribution < -0.4 is 5.32 Å². The molecule has 2 amide bonds. The van der Waals surface area contributed by atoms with Gasteiger partial charge in [0.25, 0.3) is 5.91 Å². The summed E-state index contributed by atoms with van der Waals surface area (Å²) in [6.07, 6.45) is 8.09. The molecule has 5 rings (SSSR count). The molecule has 4 bridgehead atoms. The van der Waals surface area contributed by atoms with Crippen LogP contribution in [0.4, 0.5) is 0 Å². The molecule has 1 N–H and O–H groups in total. The number of carbonyl (C=O) groups excluding carboxylic acids is 3. The maximum Gasteiger partial charge on any atom is 0.329 e. The number of nitrogens with zero attached hydrogens (tertiary/aromatic N) is 2. The Labute approximate surface area is 184 Å². The van der Waals surface area contributed by atoms with Crippen LogP contribution in [0.2, 0.25) is 0 Å². The van der Waals surface area contributed by atoms with Crippen molar-refractivity contribution in [2.75, 3.05) is 13.2 Å². The highest BCUT2D eigenvalue weighted by Crippen LogP contribution is 2.60. The first kappa shape index (κ1) is 22.1. The molecule has 0 radical (unpaired) electrons. The molecular formula is C24H35N3O4. The van der Waals surface area contributed by atoms with E-state index in [1.165, 1.54) is 19.3 Å². The van der Waals surface area contributed by atoms with Gasteiger partial charge in [-0.2, -0.15) is 5.26 Å². The van der Waals surface area contributed by atoms with E-state index in [-0.39, 0.29) is 17.2 Å². The van der Waals surface area contributed by atoms with E-state index >= 15 is 0 Å². The number of nitriles is 1. The first-order chi connectivity index (χ1) is 14.7. The van der Waals surface area contributed by atoms with Gasteiger partial charge in [-0.15, -0.1) is 0 Å². The molecule has 7 nitrogen and oxygen atoms in total. The van der Waals surface area contributed by atoms with Crippen LogP contribution in [0.15, 0.2) is 0 Å². The van der Waals surface area contributed by atoms with Crippen molar-refractivity contribution in [3.63, 3.8) is 0 Å². The van der Waals surface area contributed by atoms with Crippen molar-refractivity contribution in [2.24, 2.45) is 29.1 Å². The molecule has 0 aromatic heterocycles. The van der Waals surface area contributed by atoms with Crippen molar-refractivity contribution in [3.05, 3.63) is 0 Å². The second-order valence-electron chi connectivity index (χ2n) is 11.0. The molecule has 0 aromatic carbocycles. The molecule has 1 saturated heterocycles. The highest BCUT2D eigenvalue weighted by Gasteiger charge is 2.57. The molecule has 1 aliphatic heterocycles. The first-order valence-electron chi connectivity index (χ1n) is 11.9. The number of rotatable bonds is 6. The molecular weight excluding hydrogens is 394 g/mol. The zero-order chi connectivity index (χ0) is 22.4. The minimum absolute atomic E-state index is 0.0830. The Morgan fingerprint density at radius 2 is 1.74 bits per heavy atom. The summed E-state index contributed by atoms with van der Waals surface area (Å²) < 4.78 is 5.30. The number of amides is 2. The second-order valence-corrected chi connectivity index (χ2v) is 11.0. The van der Waals surface area contributed by atoms with Crippen molar-refractivity contribution in [3.8, 4) is 6.07 Å². The zero-order valence-corrected chi connectivity index (χ0v) is 19.0. The fourth-order valence-electron chi connectivity index (χ4n) is 6.79. The number of nitrogens with one attached hydrogen (secondary N) is 1. The lowest BCUT2D eigenvalue weighted by atomic mass is 9.49. The predicted molar refractivity (Wildman–Crippen MR) is 113 cm³/mol. The average Bonchev–Trinajstić information content (AvgIpc) is 3.20. The average molecular weight is 430 g/mol. The third-order valence-corrected chi connectivity index (χ3v) is 8.41. The predicted octanol–water partition coefficient (Wildman–Crippen LogP) is 2.79. The Kier molecular flexibility index (Phi) is 5.78. The fraction of sp³-hybridized carbons (Fsp3) is 0.833. The van der Waals surface area contributed by atoms with E-state index in [9.17, 15) is 19.6 Å². The molecule has 1 heterocycles. The summed E-state index contributed by atoms with van der Waals surface area (Å²) in [5, 5.41) is 12.0. The van der Waals surface area contributed by atoms with Crippen molar-refractivity contribution in [1.29, 1.82) is 5.26 Å². The van der Waals surface area contributed by atoms with Crippen molar-refractivity contribution in [2.45, 2.75) is 83.7 Å². The van der Waals surface area contributed by atoms with E-state index in [2.05, 4.69) is 11.4 Å². The van der Waals surface area contributed by atoms with Gasteiger partial charge in [0.05, 0.1) is 11.5 Å². The summed E-state index contributed by atoms with van der Waals surface area (Å²) in [5.41, 5.74) is -1.29. The van der Waals surface area contributed by atoms with Gasteiger partial charge in [0.2, 0.25) is 5.91 Å². The van der Waals surface area contributed by atoms with E-state index in [0.29, 0.717) is 30.7 Å². The molecule has 5 fully saturated rings. The summed E-state index contributed by atoms with van der Waals surface area (Å²) in [6, 6.07) is 1.51. The standard InChI is InChI=1S/C24H35N3O4/c1-15(2)23(3,14-25)26-20(28)13-31-21(29)19-5-4-6-27(19)22(30)24-10-16-7-17(11-24)9-18(8-16)12-24/h15-19H,4-13H2,1-3H3,(H,26,28)/t16?,17?,18?,19-,23-,24?/m0/s1. The zero-order valence-electron chi connectivity index (χ0n) is 19.0. The maximum atomic E-state index is 13.7. The number of hydrogen-bond donors (Lipinski definition) is 1. The number of carbonyl (C=O) groups is 3. The summed E-state index contributed by atoms with van der Waals surface area (Å²) >= 11 is 0. The highest BCUT2D eigenvalue weighted by molar-refractivity contribution is 5.90. The number of likely N-dealkylation sites (tertiary alicyclic amines) is 1. The molecule has 4 aliphatic carbocycles. The molecule has 0 aromatic rings. The van der Waals surface area contributed by atoms with Crippen LogP contribution in [0.3, 0.4) is 0 Å². The second kappa shape index (κ2) is 8.11. The van der Waals surface area contributed by atoms with Gasteiger partial charge in [0, 0.05) is 6.54 Å². The highest BCUT2D eigenvalue weighted by atomic mass is 16.5. The van der Waals surface area contributed by atoms with Gasteiger partial charge in [-0.05, 0) is 82.0 Å². The molecule has 170 valence electrons. The largest absolute Gasteiger partial charge is 0.454 e. The minimum Gasteiger partial charge on any atom is -0.454 e. The molecule has 5 aliphatic rings. The van der Waals surface area contributed by atoms with Crippen LogP contribution in [0, 0.1) is 40.4 Å². The van der Waals surface area contributed by atoms with Gasteiger partial charge in [-0.3, -0.25) is 9.59 Å².